The fourth-order valence-electron chi connectivity index (χ4n) is 6.74. The van der Waals surface area contributed by atoms with Gasteiger partial charge < -0.3 is 29.2 Å². The van der Waals surface area contributed by atoms with Gasteiger partial charge in [-0.3, -0.25) is 9.59 Å². The molecule has 0 spiro atoms. The van der Waals surface area contributed by atoms with Crippen LogP contribution in [0.15, 0.2) is 168 Å². The second kappa shape index (κ2) is 22.5. The monoisotopic (exact) mass is 974 g/mol. The van der Waals surface area contributed by atoms with Crippen LogP contribution in [0, 0.1) is 0 Å². The quantitative estimate of drug-likeness (QED) is 0.0619. The number of ether oxygens (including phenoxy) is 4. The highest BCUT2D eigenvalue weighted by molar-refractivity contribution is 6.32. The number of amides is 2. The number of hydrazone groups is 2. The number of nitrogens with zero attached hydrogens (tertiary/aromatic N) is 2. The van der Waals surface area contributed by atoms with Crippen molar-refractivity contribution in [1.29, 1.82) is 0 Å². The zero-order valence-corrected chi connectivity index (χ0v) is 37.7. The van der Waals surface area contributed by atoms with Gasteiger partial charge in [0.15, 0.2) is 0 Å². The van der Waals surface area contributed by atoms with E-state index in [0.29, 0.717) is 23.5 Å². The van der Waals surface area contributed by atoms with Crippen molar-refractivity contribution in [3.05, 3.63) is 201 Å². The minimum atomic E-state index is -4.75. The van der Waals surface area contributed by atoms with Crippen LogP contribution < -0.4 is 29.8 Å². The van der Waals surface area contributed by atoms with Crippen LogP contribution >= 0.6 is 23.2 Å². The fraction of sp³-hybridized carbons (Fsp3) is 0.0769. The van der Waals surface area contributed by atoms with Gasteiger partial charge in [0.05, 0.1) is 29.6 Å². The number of methoxy groups -OCH3 is 1. The molecule has 69 heavy (non-hydrogen) atoms. The summed E-state index contributed by atoms with van der Waals surface area (Å²) in [7, 11) is 1.64. The van der Waals surface area contributed by atoms with Crippen molar-refractivity contribution < 1.29 is 51.9 Å². The predicted molar refractivity (Wildman–Crippen MR) is 259 cm³/mol. The predicted octanol–water partition coefficient (Wildman–Crippen LogP) is 12.0. The molecule has 17 heteroatoms. The molecule has 0 atom stereocenters. The van der Waals surface area contributed by atoms with Crippen molar-refractivity contribution in [2.24, 2.45) is 10.2 Å². The number of phenols is 2. The zero-order valence-electron chi connectivity index (χ0n) is 36.2. The Morgan fingerprint density at radius 1 is 0.580 bits per heavy atom. The van der Waals surface area contributed by atoms with Gasteiger partial charge >= 0.3 is 6.36 Å². The lowest BCUT2D eigenvalue weighted by Gasteiger charge is -2.13. The number of carbonyl (C=O) groups excluding carboxylic acids is 2. The van der Waals surface area contributed by atoms with Crippen LogP contribution in [0.3, 0.4) is 0 Å². The molecule has 8 aromatic carbocycles. The van der Waals surface area contributed by atoms with Gasteiger partial charge in [0.2, 0.25) is 0 Å². The second-order valence-corrected chi connectivity index (χ2v) is 15.5. The molecule has 8 aromatic rings. The van der Waals surface area contributed by atoms with Crippen molar-refractivity contribution in [1.82, 2.24) is 10.9 Å². The van der Waals surface area contributed by atoms with Crippen LogP contribution in [-0.2, 0) is 13.2 Å². The lowest BCUT2D eigenvalue weighted by atomic mass is 10.0. The Morgan fingerprint density at radius 2 is 1.04 bits per heavy atom. The van der Waals surface area contributed by atoms with E-state index in [1.54, 1.807) is 25.5 Å². The Hall–Kier alpha value is -8.27. The molecule has 0 aromatic heterocycles. The number of phenolic OH excluding ortho intramolecular Hbond substituents is 2. The number of carbonyl (C=O) groups is 2. The number of halogens is 5. The average Bonchev–Trinajstić information content (AvgIpc) is 3.35. The van der Waals surface area contributed by atoms with Crippen molar-refractivity contribution in [2.75, 3.05) is 7.11 Å². The molecular formula is C52H39Cl2F3N4O8. The molecule has 0 heterocycles. The Balaban J connectivity index is 0.000000205. The van der Waals surface area contributed by atoms with Crippen LogP contribution in [0.1, 0.15) is 43.0 Å². The van der Waals surface area contributed by atoms with E-state index in [-0.39, 0.29) is 39.5 Å². The van der Waals surface area contributed by atoms with Crippen molar-refractivity contribution >= 4 is 69.0 Å². The first-order valence-corrected chi connectivity index (χ1v) is 21.4. The number of aromatic hydroxyl groups is 2. The highest BCUT2D eigenvalue weighted by atomic mass is 35.5. The smallest absolute Gasteiger partial charge is 0.506 e. The molecule has 0 unspecified atom stereocenters. The molecule has 0 bridgehead atoms. The van der Waals surface area contributed by atoms with Crippen LogP contribution in [-0.4, -0.2) is 47.9 Å². The van der Waals surface area contributed by atoms with E-state index < -0.39 is 18.2 Å². The van der Waals surface area contributed by atoms with Gasteiger partial charge in [0, 0.05) is 38.6 Å². The number of fused-ring (bicyclic) bond motifs is 2. The van der Waals surface area contributed by atoms with Gasteiger partial charge in [0.1, 0.15) is 47.7 Å². The first kappa shape index (κ1) is 48.7. The van der Waals surface area contributed by atoms with Crippen molar-refractivity contribution in [3.8, 4) is 34.5 Å². The SMILES string of the molecule is COc1ccccc1COc1ccc(C=NNC(=O)c2ccc(O)c(Cl)c2)c2ccccc12.O=C(NN=Cc1ccc(OCc2ccc(OC(F)(F)F)cc2)c2ccccc12)c1ccc(O)c(Cl)c1. The van der Waals surface area contributed by atoms with Gasteiger partial charge in [-0.15, -0.1) is 13.2 Å². The molecule has 2 amide bonds. The van der Waals surface area contributed by atoms with E-state index in [1.807, 2.05) is 84.9 Å². The molecule has 0 radical (unpaired) electrons. The van der Waals surface area contributed by atoms with Gasteiger partial charge in [-0.05, 0) is 95.2 Å². The van der Waals surface area contributed by atoms with Gasteiger partial charge in [0.25, 0.3) is 11.8 Å². The van der Waals surface area contributed by atoms with E-state index in [1.165, 1.54) is 66.9 Å². The fourth-order valence-corrected chi connectivity index (χ4v) is 7.10. The van der Waals surface area contributed by atoms with E-state index in [9.17, 15) is 33.0 Å². The number of alkyl halides is 3. The molecule has 4 N–H and O–H groups in total. The molecule has 0 aliphatic heterocycles. The molecule has 0 saturated carbocycles. The zero-order chi connectivity index (χ0) is 48.9. The molecule has 12 nitrogen and oxygen atoms in total. The third-order valence-corrected chi connectivity index (χ3v) is 10.7. The van der Waals surface area contributed by atoms with Crippen molar-refractivity contribution in [2.45, 2.75) is 19.6 Å². The molecular weight excluding hydrogens is 936 g/mol. The third-order valence-electron chi connectivity index (χ3n) is 10.1. The lowest BCUT2D eigenvalue weighted by Crippen LogP contribution is -2.17. The van der Waals surface area contributed by atoms with Crippen LogP contribution in [0.5, 0.6) is 34.5 Å². The number of hydrogen-bond donors (Lipinski definition) is 4. The van der Waals surface area contributed by atoms with E-state index in [2.05, 4.69) is 25.8 Å². The minimum Gasteiger partial charge on any atom is -0.506 e. The van der Waals surface area contributed by atoms with E-state index in [4.69, 9.17) is 37.4 Å². The highest BCUT2D eigenvalue weighted by Gasteiger charge is 2.31. The molecule has 0 saturated heterocycles. The molecule has 350 valence electrons. The van der Waals surface area contributed by atoms with Crippen molar-refractivity contribution in [3.63, 3.8) is 0 Å². The van der Waals surface area contributed by atoms with E-state index >= 15 is 0 Å². The molecule has 0 aliphatic carbocycles. The summed E-state index contributed by atoms with van der Waals surface area (Å²) in [5.41, 5.74) is 8.57. The molecule has 0 aliphatic rings. The van der Waals surface area contributed by atoms with Gasteiger partial charge in [-0.1, -0.05) is 102 Å². The maximum atomic E-state index is 12.3. The number of hydrogen-bond acceptors (Lipinski definition) is 10. The summed E-state index contributed by atoms with van der Waals surface area (Å²) >= 11 is 11.7. The topological polar surface area (TPSA) is 160 Å². The van der Waals surface area contributed by atoms with Gasteiger partial charge in [-0.2, -0.15) is 10.2 Å². The average molecular weight is 976 g/mol. The largest absolute Gasteiger partial charge is 0.573 e. The standard InChI is InChI=1S/C26H18ClF3N2O4.C26H21ClN2O4/c27-22-13-17(7-11-23(22)33)25(34)32-31-14-18-8-12-24(21-4-2-1-3-20(18)21)35-15-16-5-9-19(10-6-16)36-26(28,29)30;1-32-24-9-5-2-6-19(24)16-33-25-13-11-18(20-7-3-4-8-21(20)25)15-28-29-26(31)17-10-12-23(30)22(27)14-17/h1-14,33H,15H2,(H,32,34);2-15,30H,16H2,1H3,(H,29,31). The Bertz CT molecular complexity index is 3190. The Morgan fingerprint density at radius 3 is 1.52 bits per heavy atom. The van der Waals surface area contributed by atoms with Gasteiger partial charge in [-0.25, -0.2) is 10.9 Å². The first-order valence-electron chi connectivity index (χ1n) is 20.7. The normalized spacial score (nSPS) is 11.3. The summed E-state index contributed by atoms with van der Waals surface area (Å²) in [5, 5.41) is 30.7. The summed E-state index contributed by atoms with van der Waals surface area (Å²) in [4.78, 5) is 24.6. The first-order chi connectivity index (χ1) is 33.3. The lowest BCUT2D eigenvalue weighted by molar-refractivity contribution is -0.274. The van der Waals surface area contributed by atoms with E-state index in [0.717, 1.165) is 49.7 Å². The Kier molecular flexibility index (Phi) is 15.9. The minimum absolute atomic E-state index is 0.0544. The summed E-state index contributed by atoms with van der Waals surface area (Å²) in [5.74, 6) is 0.627. The summed E-state index contributed by atoms with van der Waals surface area (Å²) in [6.45, 7) is 0.502. The number of rotatable bonds is 14. The van der Waals surface area contributed by atoms with Crippen LogP contribution in [0.25, 0.3) is 21.5 Å². The Labute approximate surface area is 402 Å². The second-order valence-electron chi connectivity index (χ2n) is 14.7. The number of para-hydroxylation sites is 1. The molecule has 8 rings (SSSR count). The summed E-state index contributed by atoms with van der Waals surface area (Å²) in [6, 6.07) is 43.9. The van der Waals surface area contributed by atoms with Crippen LogP contribution in [0.4, 0.5) is 13.2 Å². The number of nitrogens with one attached hydrogen (secondary N) is 2. The third kappa shape index (κ3) is 13.0. The number of benzene rings is 8. The maximum Gasteiger partial charge on any atom is 0.573 e. The maximum absolute atomic E-state index is 12.3. The molecule has 0 fully saturated rings. The summed E-state index contributed by atoms with van der Waals surface area (Å²) < 4.78 is 58.3. The van der Waals surface area contributed by atoms with Crippen LogP contribution in [0.2, 0.25) is 10.0 Å². The highest BCUT2D eigenvalue weighted by Crippen LogP contribution is 2.32. The summed E-state index contributed by atoms with van der Waals surface area (Å²) in [6.07, 6.45) is -1.68.